The first-order valence-corrected chi connectivity index (χ1v) is 8.27. The maximum Gasteiger partial charge on any atom is 0.251 e. The van der Waals surface area contributed by atoms with E-state index in [1.54, 1.807) is 13.0 Å². The lowest BCUT2D eigenvalue weighted by Gasteiger charge is -2.35. The molecule has 0 spiro atoms. The molecule has 0 saturated heterocycles. The molecule has 0 bridgehead atoms. The summed E-state index contributed by atoms with van der Waals surface area (Å²) in [6, 6.07) is 1.70. The molecule has 0 aromatic carbocycles. The van der Waals surface area contributed by atoms with Crippen molar-refractivity contribution in [1.29, 1.82) is 0 Å². The Hall–Kier alpha value is -2.51. The standard InChI is InChI=1S/C16H19N5O3/c1-8-12(21-24-20-8)6-14(22)17-11-4-10(5-11)13-7-15(23)19-16(18-13)9-2-3-9/h7,9-11H,2-6H2,1H3,(H,17,22)(H,18,19,23). The van der Waals surface area contributed by atoms with Crippen molar-refractivity contribution in [2.75, 3.05) is 0 Å². The highest BCUT2D eigenvalue weighted by molar-refractivity contribution is 5.78. The summed E-state index contributed by atoms with van der Waals surface area (Å²) in [5, 5.41) is 10.4. The van der Waals surface area contributed by atoms with Crippen LogP contribution in [-0.4, -0.2) is 32.2 Å². The van der Waals surface area contributed by atoms with Crippen molar-refractivity contribution in [3.8, 4) is 0 Å². The zero-order valence-electron chi connectivity index (χ0n) is 13.4. The molecule has 0 radical (unpaired) electrons. The summed E-state index contributed by atoms with van der Waals surface area (Å²) in [7, 11) is 0. The monoisotopic (exact) mass is 329 g/mol. The zero-order chi connectivity index (χ0) is 16.7. The lowest BCUT2D eigenvalue weighted by atomic mass is 9.78. The predicted molar refractivity (Wildman–Crippen MR) is 83.5 cm³/mol. The number of amides is 1. The number of H-pyrrole nitrogens is 1. The third-order valence-corrected chi connectivity index (χ3v) is 4.74. The van der Waals surface area contributed by atoms with E-state index in [0.29, 0.717) is 17.3 Å². The Kier molecular flexibility index (Phi) is 3.66. The first-order valence-electron chi connectivity index (χ1n) is 8.27. The summed E-state index contributed by atoms with van der Waals surface area (Å²) in [6.45, 7) is 1.76. The Balaban J connectivity index is 1.32. The molecule has 2 aromatic heterocycles. The molecule has 1 amide bonds. The van der Waals surface area contributed by atoms with Crippen molar-refractivity contribution in [2.24, 2.45) is 0 Å². The molecule has 0 aliphatic heterocycles. The van der Waals surface area contributed by atoms with E-state index in [1.807, 2.05) is 0 Å². The number of hydrogen-bond donors (Lipinski definition) is 2. The number of aromatic amines is 1. The highest BCUT2D eigenvalue weighted by atomic mass is 16.6. The van der Waals surface area contributed by atoms with Crippen molar-refractivity contribution >= 4 is 5.91 Å². The van der Waals surface area contributed by atoms with Crippen molar-refractivity contribution in [3.63, 3.8) is 0 Å². The first kappa shape index (κ1) is 15.0. The van der Waals surface area contributed by atoms with E-state index in [1.165, 1.54) is 0 Å². The summed E-state index contributed by atoms with van der Waals surface area (Å²) < 4.78 is 4.59. The Morgan fingerprint density at radius 2 is 2.12 bits per heavy atom. The van der Waals surface area contributed by atoms with Crippen LogP contribution >= 0.6 is 0 Å². The van der Waals surface area contributed by atoms with Crippen molar-refractivity contribution in [2.45, 2.75) is 56.9 Å². The van der Waals surface area contributed by atoms with Crippen LogP contribution in [-0.2, 0) is 11.2 Å². The van der Waals surface area contributed by atoms with Gasteiger partial charge >= 0.3 is 0 Å². The lowest BCUT2D eigenvalue weighted by molar-refractivity contribution is -0.121. The number of nitrogens with zero attached hydrogens (tertiary/aromatic N) is 3. The van der Waals surface area contributed by atoms with Crippen molar-refractivity contribution in [1.82, 2.24) is 25.6 Å². The summed E-state index contributed by atoms with van der Waals surface area (Å²) in [4.78, 5) is 31.2. The van der Waals surface area contributed by atoms with Crippen LogP contribution in [0, 0.1) is 6.92 Å². The average Bonchev–Trinajstić information content (AvgIpc) is 3.27. The second-order valence-corrected chi connectivity index (χ2v) is 6.74. The van der Waals surface area contributed by atoms with Crippen LogP contribution in [0.4, 0.5) is 0 Å². The average molecular weight is 329 g/mol. The van der Waals surface area contributed by atoms with Gasteiger partial charge in [-0.3, -0.25) is 9.59 Å². The van der Waals surface area contributed by atoms with Gasteiger partial charge in [-0.15, -0.1) is 0 Å². The molecular weight excluding hydrogens is 310 g/mol. The van der Waals surface area contributed by atoms with Crippen LogP contribution in [0.1, 0.15) is 60.4 Å². The molecule has 126 valence electrons. The summed E-state index contributed by atoms with van der Waals surface area (Å²) >= 11 is 0. The van der Waals surface area contributed by atoms with E-state index < -0.39 is 0 Å². The van der Waals surface area contributed by atoms with Gasteiger partial charge in [0.25, 0.3) is 5.56 Å². The summed E-state index contributed by atoms with van der Waals surface area (Å²) in [6.07, 6.45) is 3.99. The summed E-state index contributed by atoms with van der Waals surface area (Å²) in [5.41, 5.74) is 1.97. The molecule has 4 rings (SSSR count). The number of hydrogen-bond acceptors (Lipinski definition) is 6. The SMILES string of the molecule is Cc1nonc1CC(=O)NC1CC(c2cc(=O)[nH]c(C3CC3)n2)C1. The molecule has 2 aromatic rings. The molecule has 8 heteroatoms. The topological polar surface area (TPSA) is 114 Å². The fourth-order valence-electron chi connectivity index (χ4n) is 3.07. The number of rotatable bonds is 5. The number of carbonyl (C=O) groups excluding carboxylic acids is 1. The lowest BCUT2D eigenvalue weighted by Crippen LogP contribution is -2.44. The van der Waals surface area contributed by atoms with E-state index in [0.717, 1.165) is 37.2 Å². The minimum absolute atomic E-state index is 0.0802. The second kappa shape index (κ2) is 5.85. The molecule has 2 fully saturated rings. The van der Waals surface area contributed by atoms with Gasteiger partial charge in [-0.05, 0) is 32.6 Å². The van der Waals surface area contributed by atoms with Crippen LogP contribution in [0.25, 0.3) is 0 Å². The van der Waals surface area contributed by atoms with E-state index in [2.05, 4.69) is 30.2 Å². The van der Waals surface area contributed by atoms with E-state index >= 15 is 0 Å². The van der Waals surface area contributed by atoms with Gasteiger partial charge in [0.2, 0.25) is 5.91 Å². The Bertz CT molecular complexity index is 817. The molecule has 2 N–H and O–H groups in total. The third-order valence-electron chi connectivity index (χ3n) is 4.74. The fourth-order valence-corrected chi connectivity index (χ4v) is 3.07. The van der Waals surface area contributed by atoms with Crippen LogP contribution < -0.4 is 10.9 Å². The molecule has 2 heterocycles. The quantitative estimate of drug-likeness (QED) is 0.844. The predicted octanol–water partition coefficient (Wildman–Crippen LogP) is 0.944. The zero-order valence-corrected chi connectivity index (χ0v) is 13.4. The molecular formula is C16H19N5O3. The van der Waals surface area contributed by atoms with Gasteiger partial charge in [-0.25, -0.2) is 9.61 Å². The van der Waals surface area contributed by atoms with Gasteiger partial charge in [0.15, 0.2) is 0 Å². The maximum absolute atomic E-state index is 12.0. The summed E-state index contributed by atoms with van der Waals surface area (Å²) in [5.74, 6) is 1.40. The first-order chi connectivity index (χ1) is 11.6. The van der Waals surface area contributed by atoms with Crippen LogP contribution in [0.5, 0.6) is 0 Å². The molecule has 8 nitrogen and oxygen atoms in total. The second-order valence-electron chi connectivity index (χ2n) is 6.74. The smallest absolute Gasteiger partial charge is 0.251 e. The van der Waals surface area contributed by atoms with Crippen LogP contribution in [0.2, 0.25) is 0 Å². The van der Waals surface area contributed by atoms with Gasteiger partial charge < -0.3 is 10.3 Å². The highest BCUT2D eigenvalue weighted by Gasteiger charge is 2.34. The van der Waals surface area contributed by atoms with Gasteiger partial charge in [0.05, 0.1) is 12.1 Å². The largest absolute Gasteiger partial charge is 0.353 e. The van der Waals surface area contributed by atoms with Crippen molar-refractivity contribution < 1.29 is 9.42 Å². The molecule has 0 atom stereocenters. The van der Waals surface area contributed by atoms with Gasteiger partial charge in [0.1, 0.15) is 17.2 Å². The number of carbonyl (C=O) groups is 1. The molecule has 2 saturated carbocycles. The minimum atomic E-state index is -0.0882. The van der Waals surface area contributed by atoms with Crippen LogP contribution in [0.15, 0.2) is 15.5 Å². The van der Waals surface area contributed by atoms with Crippen molar-refractivity contribution in [3.05, 3.63) is 39.3 Å². The van der Waals surface area contributed by atoms with Crippen LogP contribution in [0.3, 0.4) is 0 Å². The maximum atomic E-state index is 12.0. The normalized spacial score (nSPS) is 22.9. The van der Waals surface area contributed by atoms with Gasteiger partial charge in [-0.2, -0.15) is 0 Å². The highest BCUT2D eigenvalue weighted by Crippen LogP contribution is 2.40. The Morgan fingerprint density at radius 3 is 2.79 bits per heavy atom. The number of aryl methyl sites for hydroxylation is 1. The third kappa shape index (κ3) is 3.08. The van der Waals surface area contributed by atoms with Gasteiger partial charge in [0, 0.05) is 23.9 Å². The fraction of sp³-hybridized carbons (Fsp3) is 0.562. The molecule has 0 unspecified atom stereocenters. The molecule has 24 heavy (non-hydrogen) atoms. The minimum Gasteiger partial charge on any atom is -0.353 e. The van der Waals surface area contributed by atoms with E-state index in [-0.39, 0.29) is 29.8 Å². The Morgan fingerprint density at radius 1 is 1.33 bits per heavy atom. The van der Waals surface area contributed by atoms with E-state index in [9.17, 15) is 9.59 Å². The Labute approximate surface area is 138 Å². The van der Waals surface area contributed by atoms with E-state index in [4.69, 9.17) is 0 Å². The number of aromatic nitrogens is 4. The molecule has 2 aliphatic carbocycles. The molecule has 2 aliphatic rings. The number of nitrogens with one attached hydrogen (secondary N) is 2. The van der Waals surface area contributed by atoms with Gasteiger partial charge in [-0.1, -0.05) is 10.3 Å².